The van der Waals surface area contributed by atoms with Crippen molar-refractivity contribution in [2.75, 3.05) is 0 Å². The minimum absolute atomic E-state index is 0.608. The molecule has 0 saturated carbocycles. The molecule has 4 heteroatoms. The molecule has 0 bridgehead atoms. The van der Waals surface area contributed by atoms with E-state index in [0.29, 0.717) is 17.5 Å². The maximum absolute atomic E-state index is 6.63. The van der Waals surface area contributed by atoms with Gasteiger partial charge in [0, 0.05) is 32.8 Å². The lowest BCUT2D eigenvalue weighted by molar-refractivity contribution is 0.673. The molecule has 0 fully saturated rings. The number of benzene rings is 8. The highest BCUT2D eigenvalue weighted by Crippen LogP contribution is 2.43. The first-order valence-corrected chi connectivity index (χ1v) is 17.8. The number of nitrogens with zero attached hydrogens (tertiary/aromatic N) is 3. The second-order valence-electron chi connectivity index (χ2n) is 13.2. The van der Waals surface area contributed by atoms with Crippen LogP contribution in [0.4, 0.5) is 0 Å². The first-order valence-electron chi connectivity index (χ1n) is 17.8. The topological polar surface area (TPSA) is 51.8 Å². The summed E-state index contributed by atoms with van der Waals surface area (Å²) >= 11 is 0. The average molecular weight is 678 g/mol. The second-order valence-corrected chi connectivity index (χ2v) is 13.2. The van der Waals surface area contributed by atoms with Crippen molar-refractivity contribution in [1.29, 1.82) is 0 Å². The molecule has 0 radical (unpaired) electrons. The van der Waals surface area contributed by atoms with Crippen LogP contribution in [-0.2, 0) is 0 Å². The summed E-state index contributed by atoms with van der Waals surface area (Å²) in [4.78, 5) is 15.4. The first kappa shape index (κ1) is 30.6. The van der Waals surface area contributed by atoms with Gasteiger partial charge in [-0.3, -0.25) is 0 Å². The van der Waals surface area contributed by atoms with Crippen molar-refractivity contribution in [3.05, 3.63) is 188 Å². The number of para-hydroxylation sites is 1. The zero-order valence-electron chi connectivity index (χ0n) is 28.6. The van der Waals surface area contributed by atoms with Crippen LogP contribution >= 0.6 is 0 Å². The van der Waals surface area contributed by atoms with Crippen LogP contribution < -0.4 is 0 Å². The zero-order valence-corrected chi connectivity index (χ0v) is 28.6. The predicted octanol–water partition coefficient (Wildman–Crippen LogP) is 12.9. The summed E-state index contributed by atoms with van der Waals surface area (Å²) in [6.45, 7) is 0. The van der Waals surface area contributed by atoms with E-state index < -0.39 is 0 Å². The molecule has 0 saturated heterocycles. The van der Waals surface area contributed by atoms with Gasteiger partial charge < -0.3 is 4.42 Å². The number of rotatable bonds is 6. The lowest BCUT2D eigenvalue weighted by Crippen LogP contribution is -2.01. The summed E-state index contributed by atoms with van der Waals surface area (Å²) in [6, 6.07) is 65.1. The van der Waals surface area contributed by atoms with Crippen LogP contribution in [0.5, 0.6) is 0 Å². The quantitative estimate of drug-likeness (QED) is 0.176. The monoisotopic (exact) mass is 677 g/mol. The third-order valence-corrected chi connectivity index (χ3v) is 9.97. The highest BCUT2D eigenvalue weighted by atomic mass is 16.3. The average Bonchev–Trinajstić information content (AvgIpc) is 3.63. The maximum atomic E-state index is 6.63. The summed E-state index contributed by atoms with van der Waals surface area (Å²) < 4.78 is 6.63. The molecule has 0 aliphatic carbocycles. The number of hydrogen-bond donors (Lipinski definition) is 0. The smallest absolute Gasteiger partial charge is 0.164 e. The Morgan fingerprint density at radius 3 is 1.38 bits per heavy atom. The summed E-state index contributed by atoms with van der Waals surface area (Å²) in [5.41, 5.74) is 11.4. The Labute approximate surface area is 306 Å². The molecule has 53 heavy (non-hydrogen) atoms. The molecule has 4 nitrogen and oxygen atoms in total. The van der Waals surface area contributed by atoms with Gasteiger partial charge in [-0.2, -0.15) is 0 Å². The van der Waals surface area contributed by atoms with Crippen LogP contribution in [0.2, 0.25) is 0 Å². The van der Waals surface area contributed by atoms with Crippen molar-refractivity contribution in [3.63, 3.8) is 0 Å². The normalized spacial score (nSPS) is 11.4. The van der Waals surface area contributed by atoms with E-state index in [4.69, 9.17) is 19.4 Å². The van der Waals surface area contributed by atoms with Crippen LogP contribution in [-0.4, -0.2) is 15.0 Å². The molecule has 0 N–H and O–H groups in total. The van der Waals surface area contributed by atoms with Gasteiger partial charge in [-0.1, -0.05) is 176 Å². The molecule has 10 aromatic rings. The molecular formula is C49H31N3O. The standard InChI is InChI=1S/C49H31N3O/c1-4-13-32(14-5-1)33-23-25-34(26-24-33)35-27-29-38(30-28-35)48-50-47(37-17-8-3-9-18-37)51-49(52-48)43-31-42-40-19-10-11-22-44(40)53-46(42)45-39(20-12-21-41(43)45)36-15-6-2-7-16-36/h1-31H. The Hall–Kier alpha value is -7.17. The molecule has 0 spiro atoms. The van der Waals surface area contributed by atoms with Gasteiger partial charge in [-0.15, -0.1) is 0 Å². The Kier molecular flexibility index (Phi) is 7.43. The van der Waals surface area contributed by atoms with Gasteiger partial charge in [-0.05, 0) is 50.9 Å². The van der Waals surface area contributed by atoms with Crippen molar-refractivity contribution >= 4 is 32.7 Å². The van der Waals surface area contributed by atoms with Gasteiger partial charge in [0.15, 0.2) is 17.5 Å². The third kappa shape index (κ3) is 5.54. The number of fused-ring (bicyclic) bond motifs is 5. The predicted molar refractivity (Wildman–Crippen MR) is 217 cm³/mol. The number of furan rings is 1. The van der Waals surface area contributed by atoms with E-state index >= 15 is 0 Å². The molecule has 0 amide bonds. The minimum atomic E-state index is 0.608. The summed E-state index contributed by atoms with van der Waals surface area (Å²) in [5.74, 6) is 1.84. The molecule has 0 atom stereocenters. The van der Waals surface area contributed by atoms with E-state index in [9.17, 15) is 0 Å². The van der Waals surface area contributed by atoms with Crippen molar-refractivity contribution in [2.24, 2.45) is 0 Å². The van der Waals surface area contributed by atoms with Gasteiger partial charge in [0.1, 0.15) is 11.2 Å². The Morgan fingerprint density at radius 1 is 0.302 bits per heavy atom. The maximum Gasteiger partial charge on any atom is 0.164 e. The summed E-state index contributed by atoms with van der Waals surface area (Å²) in [5, 5.41) is 4.13. The van der Waals surface area contributed by atoms with Gasteiger partial charge in [0.2, 0.25) is 0 Å². The third-order valence-electron chi connectivity index (χ3n) is 9.97. The molecule has 0 aliphatic heterocycles. The molecular weight excluding hydrogens is 647 g/mol. The fourth-order valence-corrected chi connectivity index (χ4v) is 7.32. The fourth-order valence-electron chi connectivity index (χ4n) is 7.32. The lowest BCUT2D eigenvalue weighted by atomic mass is 9.93. The largest absolute Gasteiger partial charge is 0.455 e. The molecule has 8 aromatic carbocycles. The molecule has 10 rings (SSSR count). The Balaban J connectivity index is 1.15. The van der Waals surface area contributed by atoms with Crippen LogP contribution in [0.1, 0.15) is 0 Å². The molecule has 2 heterocycles. The van der Waals surface area contributed by atoms with Gasteiger partial charge in [0.25, 0.3) is 0 Å². The Morgan fingerprint density at radius 2 is 0.755 bits per heavy atom. The van der Waals surface area contributed by atoms with Gasteiger partial charge in [-0.25, -0.2) is 15.0 Å². The van der Waals surface area contributed by atoms with Crippen molar-refractivity contribution in [1.82, 2.24) is 15.0 Å². The highest BCUT2D eigenvalue weighted by molar-refractivity contribution is 6.22. The van der Waals surface area contributed by atoms with E-state index in [0.717, 1.165) is 71.7 Å². The minimum Gasteiger partial charge on any atom is -0.455 e. The van der Waals surface area contributed by atoms with Crippen LogP contribution in [0.25, 0.3) is 100 Å². The van der Waals surface area contributed by atoms with E-state index in [2.05, 4.69) is 133 Å². The zero-order chi connectivity index (χ0) is 35.1. The fraction of sp³-hybridized carbons (Fsp3) is 0. The first-order chi connectivity index (χ1) is 26.3. The van der Waals surface area contributed by atoms with Crippen LogP contribution in [0.3, 0.4) is 0 Å². The lowest BCUT2D eigenvalue weighted by Gasteiger charge is -2.13. The SMILES string of the molecule is c1ccc(-c2ccc(-c3ccc(-c4nc(-c5ccccc5)nc(-c5cc6c7ccccc7oc6c6c(-c7ccccc7)cccc56)n4)cc3)cc2)cc1. The van der Waals surface area contributed by atoms with Crippen LogP contribution in [0.15, 0.2) is 192 Å². The second kappa shape index (κ2) is 12.9. The molecule has 0 unspecified atom stereocenters. The molecule has 2 aromatic heterocycles. The van der Waals surface area contributed by atoms with E-state index in [-0.39, 0.29) is 0 Å². The van der Waals surface area contributed by atoms with E-state index in [1.165, 1.54) is 11.1 Å². The van der Waals surface area contributed by atoms with Crippen molar-refractivity contribution in [2.45, 2.75) is 0 Å². The van der Waals surface area contributed by atoms with Crippen molar-refractivity contribution in [3.8, 4) is 67.5 Å². The van der Waals surface area contributed by atoms with Gasteiger partial charge >= 0.3 is 0 Å². The van der Waals surface area contributed by atoms with E-state index in [1.807, 2.05) is 54.6 Å². The number of aromatic nitrogens is 3. The highest BCUT2D eigenvalue weighted by Gasteiger charge is 2.21. The van der Waals surface area contributed by atoms with Gasteiger partial charge in [0.05, 0.1) is 0 Å². The Bertz CT molecular complexity index is 2900. The molecule has 0 aliphatic rings. The summed E-state index contributed by atoms with van der Waals surface area (Å²) in [7, 11) is 0. The van der Waals surface area contributed by atoms with Crippen LogP contribution in [0, 0.1) is 0 Å². The summed E-state index contributed by atoms with van der Waals surface area (Å²) in [6.07, 6.45) is 0. The number of hydrogen-bond acceptors (Lipinski definition) is 4. The molecule has 248 valence electrons. The van der Waals surface area contributed by atoms with Crippen molar-refractivity contribution < 1.29 is 4.42 Å². The van der Waals surface area contributed by atoms with E-state index in [1.54, 1.807) is 0 Å².